The molecule has 4 aromatic heterocycles. The van der Waals surface area contributed by atoms with E-state index in [0.717, 1.165) is 16.6 Å². The number of halogens is 3. The Morgan fingerprint density at radius 3 is 2.22 bits per heavy atom. The molecule has 2 aromatic carbocycles. The third-order valence-electron chi connectivity index (χ3n) is 7.37. The molecule has 5 heterocycles. The number of anilines is 1. The minimum Gasteiger partial charge on any atom is -0.303 e. The highest BCUT2D eigenvalue weighted by Crippen LogP contribution is 2.37. The number of nitrogens with one attached hydrogen (secondary N) is 1. The van der Waals surface area contributed by atoms with Gasteiger partial charge in [-0.1, -0.05) is 0 Å². The molecule has 45 heavy (non-hydrogen) atoms. The van der Waals surface area contributed by atoms with Crippen molar-refractivity contribution in [2.24, 2.45) is 0 Å². The van der Waals surface area contributed by atoms with Crippen LogP contribution >= 0.6 is 0 Å². The Labute approximate surface area is 253 Å². The maximum atomic E-state index is 15.6. The Hall–Kier alpha value is -5.41. The zero-order valence-corrected chi connectivity index (χ0v) is 23.9. The summed E-state index contributed by atoms with van der Waals surface area (Å²) in [6.07, 6.45) is 2.86. The van der Waals surface area contributed by atoms with Gasteiger partial charge in [0.15, 0.2) is 11.5 Å². The first-order valence-electron chi connectivity index (χ1n) is 13.6. The molecule has 7 rings (SSSR count). The maximum Gasteiger partial charge on any atom is 0.259 e. The van der Waals surface area contributed by atoms with E-state index in [-0.39, 0.29) is 47.3 Å². The highest BCUT2D eigenvalue weighted by Gasteiger charge is 2.33. The van der Waals surface area contributed by atoms with Crippen LogP contribution in [0.4, 0.5) is 19.0 Å². The number of benzene rings is 2. The quantitative estimate of drug-likeness (QED) is 0.287. The lowest BCUT2D eigenvalue weighted by Gasteiger charge is -2.27. The molecular formula is C30H21F3N8O3S. The fraction of sp³-hybridized carbons (Fsp3) is 0.100. The summed E-state index contributed by atoms with van der Waals surface area (Å²) < 4.78 is 73.8. The number of carbonyl (C=O) groups excluding carboxylic acids is 1. The van der Waals surface area contributed by atoms with E-state index in [0.29, 0.717) is 22.5 Å². The Morgan fingerprint density at radius 1 is 0.822 bits per heavy atom. The van der Waals surface area contributed by atoms with Crippen molar-refractivity contribution < 1.29 is 26.4 Å². The first kappa shape index (κ1) is 28.4. The summed E-state index contributed by atoms with van der Waals surface area (Å²) in [6.45, 7) is 0.138. The molecule has 1 aliphatic rings. The van der Waals surface area contributed by atoms with Gasteiger partial charge in [0.2, 0.25) is 10.0 Å². The van der Waals surface area contributed by atoms with E-state index in [9.17, 15) is 22.0 Å². The predicted octanol–water partition coefficient (Wildman–Crippen LogP) is 4.53. The average Bonchev–Trinajstić information content (AvgIpc) is 3.58. The fourth-order valence-electron chi connectivity index (χ4n) is 5.14. The second kappa shape index (κ2) is 10.9. The molecule has 0 aliphatic carbocycles. The Balaban J connectivity index is 1.32. The Morgan fingerprint density at radius 2 is 1.51 bits per heavy atom. The summed E-state index contributed by atoms with van der Waals surface area (Å²) in [7, 11) is -4.02. The van der Waals surface area contributed by atoms with Crippen molar-refractivity contribution in [2.45, 2.75) is 18.0 Å². The molecule has 1 N–H and O–H groups in total. The van der Waals surface area contributed by atoms with Crippen LogP contribution in [-0.4, -0.2) is 54.5 Å². The minimum absolute atomic E-state index is 0.0708. The maximum absolute atomic E-state index is 15.6. The van der Waals surface area contributed by atoms with E-state index >= 15 is 4.39 Å². The molecule has 15 heteroatoms. The molecular weight excluding hydrogens is 609 g/mol. The number of amides is 1. The van der Waals surface area contributed by atoms with E-state index in [1.165, 1.54) is 71.3 Å². The van der Waals surface area contributed by atoms with Crippen LogP contribution in [0.25, 0.3) is 28.2 Å². The van der Waals surface area contributed by atoms with Gasteiger partial charge in [-0.2, -0.15) is 23.4 Å². The first-order chi connectivity index (χ1) is 21.7. The smallest absolute Gasteiger partial charge is 0.259 e. The molecule has 11 nitrogen and oxygen atoms in total. The number of hydrogen-bond acceptors (Lipinski definition) is 7. The van der Waals surface area contributed by atoms with E-state index in [4.69, 9.17) is 5.10 Å². The van der Waals surface area contributed by atoms with Crippen molar-refractivity contribution in [1.82, 2.24) is 33.7 Å². The van der Waals surface area contributed by atoms with Gasteiger partial charge in [-0.25, -0.2) is 22.2 Å². The van der Waals surface area contributed by atoms with Gasteiger partial charge in [0, 0.05) is 30.1 Å². The van der Waals surface area contributed by atoms with Gasteiger partial charge in [-0.05, 0) is 72.8 Å². The van der Waals surface area contributed by atoms with Crippen molar-refractivity contribution in [3.8, 4) is 22.5 Å². The number of pyridine rings is 1. The van der Waals surface area contributed by atoms with Gasteiger partial charge in [0.1, 0.15) is 17.3 Å². The van der Waals surface area contributed by atoms with Crippen LogP contribution in [0.15, 0.2) is 90.1 Å². The van der Waals surface area contributed by atoms with Crippen LogP contribution in [0.3, 0.4) is 0 Å². The molecule has 0 atom stereocenters. The molecule has 226 valence electrons. The van der Waals surface area contributed by atoms with Crippen molar-refractivity contribution in [2.75, 3.05) is 11.9 Å². The van der Waals surface area contributed by atoms with Crippen LogP contribution in [0.1, 0.15) is 16.1 Å². The SMILES string of the molecule is O=C(Nc1nc2ccc(-c3c(-c4ccc(F)cc4)nn4c3CN(S(=O)(=O)c3ccc(F)cc3)CC4)nn2c1F)c1ccncc1. The normalized spacial score (nSPS) is 13.6. The zero-order valence-electron chi connectivity index (χ0n) is 23.1. The lowest BCUT2D eigenvalue weighted by atomic mass is 10.0. The molecule has 6 aromatic rings. The van der Waals surface area contributed by atoms with E-state index in [2.05, 4.69) is 20.4 Å². The van der Waals surface area contributed by atoms with Gasteiger partial charge >= 0.3 is 0 Å². The summed E-state index contributed by atoms with van der Waals surface area (Å²) in [5.41, 5.74) is 2.36. The topological polar surface area (TPSA) is 127 Å². The molecule has 0 saturated heterocycles. The molecule has 1 aliphatic heterocycles. The van der Waals surface area contributed by atoms with Crippen LogP contribution in [-0.2, 0) is 23.1 Å². The van der Waals surface area contributed by atoms with E-state index in [1.54, 1.807) is 10.7 Å². The van der Waals surface area contributed by atoms with Crippen molar-refractivity contribution in [3.63, 3.8) is 0 Å². The van der Waals surface area contributed by atoms with Crippen LogP contribution in [0.2, 0.25) is 0 Å². The highest BCUT2D eigenvalue weighted by atomic mass is 32.2. The second-order valence-electron chi connectivity index (χ2n) is 10.1. The molecule has 0 spiro atoms. The Kier molecular flexibility index (Phi) is 6.90. The van der Waals surface area contributed by atoms with Gasteiger partial charge < -0.3 is 5.32 Å². The molecule has 0 unspecified atom stereocenters. The predicted molar refractivity (Wildman–Crippen MR) is 156 cm³/mol. The standard InChI is InChI=1S/C30H21F3N8O3S/c31-20-3-1-18(2-4-20)27-26(24-17-39(15-16-40(24)38-27)45(43,44)22-7-5-21(32)6-8-22)23-9-10-25-35-29(28(33)41(25)37-23)36-30(42)19-11-13-34-14-12-19/h1-14H,15-17H2,(H,36,42). The van der Waals surface area contributed by atoms with Crippen molar-refractivity contribution in [1.29, 1.82) is 0 Å². The summed E-state index contributed by atoms with van der Waals surface area (Å²) in [5.74, 6) is -2.88. The lowest BCUT2D eigenvalue weighted by molar-refractivity contribution is 0.102. The zero-order chi connectivity index (χ0) is 31.3. The number of hydrogen-bond donors (Lipinski definition) is 1. The summed E-state index contributed by atoms with van der Waals surface area (Å²) in [4.78, 5) is 20.6. The third kappa shape index (κ3) is 5.11. The number of fused-ring (bicyclic) bond motifs is 2. The number of sulfonamides is 1. The van der Waals surface area contributed by atoms with Gasteiger partial charge in [0.25, 0.3) is 11.9 Å². The highest BCUT2D eigenvalue weighted by molar-refractivity contribution is 7.89. The van der Waals surface area contributed by atoms with Gasteiger partial charge in [0.05, 0.1) is 34.9 Å². The average molecular weight is 631 g/mol. The first-order valence-corrected chi connectivity index (χ1v) is 15.0. The number of nitrogens with zero attached hydrogens (tertiary/aromatic N) is 7. The van der Waals surface area contributed by atoms with Crippen molar-refractivity contribution in [3.05, 3.63) is 114 Å². The van der Waals surface area contributed by atoms with Crippen LogP contribution in [0.5, 0.6) is 0 Å². The van der Waals surface area contributed by atoms with E-state index in [1.807, 2.05) is 0 Å². The molecule has 1 amide bonds. The largest absolute Gasteiger partial charge is 0.303 e. The number of carbonyl (C=O) groups is 1. The lowest BCUT2D eigenvalue weighted by Crippen LogP contribution is -2.38. The number of aromatic nitrogens is 6. The number of imidazole rings is 1. The monoisotopic (exact) mass is 630 g/mol. The summed E-state index contributed by atoms with van der Waals surface area (Å²) in [5, 5.41) is 11.6. The van der Waals surface area contributed by atoms with E-state index < -0.39 is 33.5 Å². The molecule has 0 fully saturated rings. The van der Waals surface area contributed by atoms with Gasteiger partial charge in [-0.15, -0.1) is 0 Å². The van der Waals surface area contributed by atoms with Crippen molar-refractivity contribution >= 4 is 27.4 Å². The number of rotatable bonds is 6. The molecule has 0 bridgehead atoms. The summed E-state index contributed by atoms with van der Waals surface area (Å²) >= 11 is 0. The van der Waals surface area contributed by atoms with Crippen LogP contribution in [0, 0.1) is 17.6 Å². The second-order valence-corrected chi connectivity index (χ2v) is 12.1. The summed E-state index contributed by atoms with van der Waals surface area (Å²) in [6, 6.07) is 16.2. The van der Waals surface area contributed by atoms with Gasteiger partial charge in [-0.3, -0.25) is 14.5 Å². The minimum atomic E-state index is -4.02. The Bertz CT molecular complexity index is 2190. The third-order valence-corrected chi connectivity index (χ3v) is 9.23. The molecule has 0 saturated carbocycles. The fourth-order valence-corrected chi connectivity index (χ4v) is 6.53. The molecule has 0 radical (unpaired) electrons. The van der Waals surface area contributed by atoms with Crippen LogP contribution < -0.4 is 5.32 Å².